The third-order valence-electron chi connectivity index (χ3n) is 0.907. The average Bonchev–Trinajstić information content (AvgIpc) is 1.67. The van der Waals surface area contributed by atoms with E-state index in [0.29, 0.717) is 13.0 Å². The van der Waals surface area contributed by atoms with Crippen LogP contribution < -0.4 is 5.73 Å². The molecule has 49 valence electrons. The van der Waals surface area contributed by atoms with Crippen molar-refractivity contribution in [2.24, 2.45) is 5.73 Å². The Balaban J connectivity index is 3.17. The van der Waals surface area contributed by atoms with Crippen LogP contribution in [0, 0.1) is 6.92 Å². The van der Waals surface area contributed by atoms with E-state index in [2.05, 4.69) is 6.92 Å². The molecule has 0 aliphatic heterocycles. The van der Waals surface area contributed by atoms with Gasteiger partial charge in [-0.1, -0.05) is 0 Å². The fourth-order valence-corrected chi connectivity index (χ4v) is 0.363. The topological polar surface area (TPSA) is 66.5 Å². The van der Waals surface area contributed by atoms with Gasteiger partial charge in [0.15, 0.2) is 0 Å². The van der Waals surface area contributed by atoms with E-state index in [1.165, 1.54) is 0 Å². The number of nitrogens with two attached hydrogens (primary N) is 1. The maximum absolute atomic E-state index is 8.73. The summed E-state index contributed by atoms with van der Waals surface area (Å²) in [4.78, 5) is 0. The SMILES string of the molecule is [CH2]C(O)C(O)CCN. The monoisotopic (exact) mass is 118 g/mol. The summed E-state index contributed by atoms with van der Waals surface area (Å²) in [6, 6.07) is 0. The highest BCUT2D eigenvalue weighted by Crippen LogP contribution is 1.93. The Morgan fingerprint density at radius 1 is 1.50 bits per heavy atom. The largest absolute Gasteiger partial charge is 0.390 e. The van der Waals surface area contributed by atoms with Crippen LogP contribution in [0.25, 0.3) is 0 Å². The molecule has 0 aromatic heterocycles. The van der Waals surface area contributed by atoms with E-state index < -0.39 is 12.2 Å². The van der Waals surface area contributed by atoms with Crippen LogP contribution in [0.3, 0.4) is 0 Å². The lowest BCUT2D eigenvalue weighted by Gasteiger charge is -2.10. The van der Waals surface area contributed by atoms with Gasteiger partial charge in [0, 0.05) is 0 Å². The molecule has 0 aliphatic carbocycles. The Bertz CT molecular complexity index is 56.4. The molecule has 4 N–H and O–H groups in total. The van der Waals surface area contributed by atoms with Crippen LogP contribution in [0.1, 0.15) is 6.42 Å². The lowest BCUT2D eigenvalue weighted by molar-refractivity contribution is 0.0432. The molecule has 8 heavy (non-hydrogen) atoms. The fraction of sp³-hybridized carbons (Fsp3) is 0.800. The molecule has 0 aromatic carbocycles. The minimum atomic E-state index is -0.904. The van der Waals surface area contributed by atoms with E-state index in [1.54, 1.807) is 0 Å². The van der Waals surface area contributed by atoms with Gasteiger partial charge in [0.25, 0.3) is 0 Å². The Morgan fingerprint density at radius 3 is 2.12 bits per heavy atom. The summed E-state index contributed by atoms with van der Waals surface area (Å²) in [6.07, 6.45) is -1.26. The summed E-state index contributed by atoms with van der Waals surface area (Å²) in [5.74, 6) is 0. The van der Waals surface area contributed by atoms with Gasteiger partial charge in [-0.3, -0.25) is 0 Å². The van der Waals surface area contributed by atoms with E-state index in [-0.39, 0.29) is 0 Å². The molecule has 0 bridgehead atoms. The average molecular weight is 118 g/mol. The third kappa shape index (κ3) is 2.96. The Hall–Kier alpha value is -0.120. The molecule has 0 amide bonds. The van der Waals surface area contributed by atoms with Crippen molar-refractivity contribution >= 4 is 0 Å². The molecule has 3 heteroatoms. The predicted octanol–water partition coefficient (Wildman–Crippen LogP) is -1.11. The van der Waals surface area contributed by atoms with Gasteiger partial charge in [-0.25, -0.2) is 0 Å². The third-order valence-corrected chi connectivity index (χ3v) is 0.907. The van der Waals surface area contributed by atoms with Crippen molar-refractivity contribution in [3.63, 3.8) is 0 Å². The van der Waals surface area contributed by atoms with Gasteiger partial charge < -0.3 is 15.9 Å². The highest BCUT2D eigenvalue weighted by atomic mass is 16.3. The highest BCUT2D eigenvalue weighted by Gasteiger charge is 2.07. The normalized spacial score (nSPS) is 18.0. The lowest BCUT2D eigenvalue weighted by Crippen LogP contribution is -2.25. The zero-order chi connectivity index (χ0) is 6.57. The Morgan fingerprint density at radius 2 is 2.00 bits per heavy atom. The fourth-order valence-electron chi connectivity index (χ4n) is 0.363. The van der Waals surface area contributed by atoms with E-state index in [1.807, 2.05) is 0 Å². The summed E-state index contributed by atoms with van der Waals surface area (Å²) in [5.41, 5.74) is 5.07. The van der Waals surface area contributed by atoms with E-state index >= 15 is 0 Å². The first-order valence-electron chi connectivity index (χ1n) is 2.57. The molecule has 2 atom stereocenters. The van der Waals surface area contributed by atoms with Crippen LogP contribution >= 0.6 is 0 Å². The predicted molar refractivity (Wildman–Crippen MR) is 31.0 cm³/mol. The van der Waals surface area contributed by atoms with Crippen LogP contribution in [-0.2, 0) is 0 Å². The molecular formula is C5H12NO2. The maximum atomic E-state index is 8.73. The van der Waals surface area contributed by atoms with Gasteiger partial charge in [0.05, 0.1) is 12.2 Å². The lowest BCUT2D eigenvalue weighted by atomic mass is 10.2. The smallest absolute Gasteiger partial charge is 0.0811 e. The second-order valence-electron chi connectivity index (χ2n) is 1.71. The van der Waals surface area contributed by atoms with Gasteiger partial charge in [-0.05, 0) is 19.9 Å². The molecule has 0 saturated carbocycles. The molecular weight excluding hydrogens is 106 g/mol. The number of aliphatic hydroxyl groups is 2. The minimum absolute atomic E-state index is 0.383. The van der Waals surface area contributed by atoms with E-state index in [0.717, 1.165) is 0 Å². The number of aliphatic hydroxyl groups excluding tert-OH is 2. The van der Waals surface area contributed by atoms with Crippen LogP contribution in [0.5, 0.6) is 0 Å². The first-order chi connectivity index (χ1) is 3.68. The summed E-state index contributed by atoms with van der Waals surface area (Å²) in [7, 11) is 0. The van der Waals surface area contributed by atoms with Gasteiger partial charge >= 0.3 is 0 Å². The second kappa shape index (κ2) is 3.83. The number of rotatable bonds is 3. The molecule has 0 fully saturated rings. The van der Waals surface area contributed by atoms with Gasteiger partial charge in [-0.2, -0.15) is 0 Å². The zero-order valence-electron chi connectivity index (χ0n) is 4.75. The highest BCUT2D eigenvalue weighted by molar-refractivity contribution is 4.68. The van der Waals surface area contributed by atoms with Crippen LogP contribution in [0.15, 0.2) is 0 Å². The molecule has 0 saturated heterocycles. The molecule has 1 radical (unpaired) electrons. The van der Waals surface area contributed by atoms with Crippen LogP contribution in [0.4, 0.5) is 0 Å². The standard InChI is InChI=1S/C5H12NO2/c1-4(7)5(8)2-3-6/h4-5,7-8H,1-3,6H2. The first-order valence-corrected chi connectivity index (χ1v) is 2.57. The van der Waals surface area contributed by atoms with Gasteiger partial charge in [-0.15, -0.1) is 0 Å². The van der Waals surface area contributed by atoms with Crippen LogP contribution in [0.2, 0.25) is 0 Å². The molecule has 2 unspecified atom stereocenters. The van der Waals surface area contributed by atoms with Gasteiger partial charge in [0.1, 0.15) is 0 Å². The van der Waals surface area contributed by atoms with Crippen molar-refractivity contribution in [2.75, 3.05) is 6.54 Å². The van der Waals surface area contributed by atoms with E-state index in [9.17, 15) is 0 Å². The first kappa shape index (κ1) is 7.88. The van der Waals surface area contributed by atoms with Crippen molar-refractivity contribution in [1.82, 2.24) is 0 Å². The molecule has 0 spiro atoms. The van der Waals surface area contributed by atoms with E-state index in [4.69, 9.17) is 15.9 Å². The second-order valence-corrected chi connectivity index (χ2v) is 1.71. The summed E-state index contributed by atoms with van der Waals surface area (Å²) < 4.78 is 0. The molecule has 0 aliphatic rings. The summed E-state index contributed by atoms with van der Waals surface area (Å²) in [6.45, 7) is 3.59. The quantitative estimate of drug-likeness (QED) is 0.440. The van der Waals surface area contributed by atoms with Crippen LogP contribution in [-0.4, -0.2) is 29.0 Å². The molecule has 0 aromatic rings. The zero-order valence-corrected chi connectivity index (χ0v) is 4.75. The van der Waals surface area contributed by atoms with Crippen molar-refractivity contribution in [1.29, 1.82) is 0 Å². The van der Waals surface area contributed by atoms with Crippen molar-refractivity contribution in [3.8, 4) is 0 Å². The summed E-state index contributed by atoms with van der Waals surface area (Å²) in [5, 5.41) is 17.3. The van der Waals surface area contributed by atoms with Crippen molar-refractivity contribution < 1.29 is 10.2 Å². The Labute approximate surface area is 49.1 Å². The van der Waals surface area contributed by atoms with Crippen molar-refractivity contribution in [3.05, 3.63) is 6.92 Å². The molecule has 3 nitrogen and oxygen atoms in total. The number of hydrogen-bond donors (Lipinski definition) is 3. The van der Waals surface area contributed by atoms with Crippen molar-refractivity contribution in [2.45, 2.75) is 18.6 Å². The maximum Gasteiger partial charge on any atom is 0.0811 e. The summed E-state index contributed by atoms with van der Waals surface area (Å²) >= 11 is 0. The molecule has 0 heterocycles. The Kier molecular flexibility index (Phi) is 3.77. The van der Waals surface area contributed by atoms with Gasteiger partial charge in [0.2, 0.25) is 0 Å². The molecule has 0 rings (SSSR count). The minimum Gasteiger partial charge on any atom is -0.390 e. The number of hydrogen-bond acceptors (Lipinski definition) is 3.